The van der Waals surface area contributed by atoms with Gasteiger partial charge in [0.25, 0.3) is 0 Å². The van der Waals surface area contributed by atoms with Crippen molar-refractivity contribution in [3.63, 3.8) is 0 Å². The molecule has 0 aromatic rings. The normalized spacial score (nSPS) is 15.5. The zero-order valence-corrected chi connectivity index (χ0v) is 14.1. The summed E-state index contributed by atoms with van der Waals surface area (Å²) in [6.07, 6.45) is 0.739. The van der Waals surface area contributed by atoms with Crippen LogP contribution in [0.1, 0.15) is 47.5 Å². The smallest absolute Gasteiger partial charge is 0.326 e. The molecule has 0 saturated heterocycles. The van der Waals surface area contributed by atoms with Gasteiger partial charge < -0.3 is 16.6 Å². The Hall–Kier alpha value is -1.47. The van der Waals surface area contributed by atoms with Crippen LogP contribution in [0.2, 0.25) is 0 Å². The van der Waals surface area contributed by atoms with Gasteiger partial charge in [0.2, 0.25) is 11.8 Å². The van der Waals surface area contributed by atoms with Crippen LogP contribution in [0.15, 0.2) is 0 Å². The number of aliphatic carboxylic acids is 1. The fourth-order valence-corrected chi connectivity index (χ4v) is 2.18. The summed E-state index contributed by atoms with van der Waals surface area (Å²) in [5.41, 5.74) is 11.6. The van der Waals surface area contributed by atoms with Gasteiger partial charge in [-0.15, -0.1) is 0 Å². The van der Waals surface area contributed by atoms with Crippen LogP contribution in [0.25, 0.3) is 0 Å². The minimum Gasteiger partial charge on any atom is -0.480 e. The second-order valence-corrected chi connectivity index (χ2v) is 6.53. The molecule has 0 bridgehead atoms. The molecule has 0 rings (SSSR count). The largest absolute Gasteiger partial charge is 0.480 e. The molecule has 128 valence electrons. The van der Waals surface area contributed by atoms with E-state index in [4.69, 9.17) is 16.6 Å². The summed E-state index contributed by atoms with van der Waals surface area (Å²) in [6.45, 7) is 8.85. The number of carbonyl (C=O) groups is 3. The quantitative estimate of drug-likeness (QED) is 0.600. The van der Waals surface area contributed by atoms with E-state index in [1.165, 1.54) is 6.92 Å². The Balaban J connectivity index is 5.33. The van der Waals surface area contributed by atoms with Crippen molar-refractivity contribution in [2.75, 3.05) is 0 Å². The molecule has 0 aliphatic rings. The molecule has 0 radical (unpaired) electrons. The fourth-order valence-electron chi connectivity index (χ4n) is 2.18. The highest BCUT2D eigenvalue weighted by atomic mass is 16.4. The summed E-state index contributed by atoms with van der Waals surface area (Å²) in [7, 11) is 0. The highest BCUT2D eigenvalue weighted by molar-refractivity contribution is 6.03. The Bertz CT molecular complexity index is 382. The molecule has 0 fully saturated rings. The van der Waals surface area contributed by atoms with Gasteiger partial charge in [-0.2, -0.15) is 0 Å². The summed E-state index contributed by atoms with van der Waals surface area (Å²) in [5, 5.41) is 9.15. The summed E-state index contributed by atoms with van der Waals surface area (Å²) in [6, 6.07) is -3.13. The fraction of sp³-hybridized carbons (Fsp3) is 0.800. The van der Waals surface area contributed by atoms with Crippen molar-refractivity contribution < 1.29 is 19.5 Å². The molecule has 0 aliphatic carbocycles. The summed E-state index contributed by atoms with van der Waals surface area (Å²) >= 11 is 0. The van der Waals surface area contributed by atoms with Crippen molar-refractivity contribution in [3.05, 3.63) is 0 Å². The van der Waals surface area contributed by atoms with E-state index in [1.807, 2.05) is 27.7 Å². The predicted octanol–water partition coefficient (Wildman–Crippen LogP) is 0.562. The first kappa shape index (κ1) is 20.5. The number of hydrogen-bond donors (Lipinski definition) is 3. The van der Waals surface area contributed by atoms with Gasteiger partial charge in [-0.1, -0.05) is 27.7 Å². The zero-order valence-electron chi connectivity index (χ0n) is 14.1. The monoisotopic (exact) mass is 315 g/mol. The van der Waals surface area contributed by atoms with E-state index in [-0.39, 0.29) is 11.8 Å². The van der Waals surface area contributed by atoms with E-state index in [0.29, 0.717) is 17.7 Å². The molecule has 0 aromatic heterocycles. The molecule has 0 aliphatic heterocycles. The first-order valence-electron chi connectivity index (χ1n) is 7.59. The zero-order chi connectivity index (χ0) is 17.6. The molecule has 0 spiro atoms. The number of nitrogens with zero attached hydrogens (tertiary/aromatic N) is 1. The average Bonchev–Trinajstić information content (AvgIpc) is 2.36. The third kappa shape index (κ3) is 6.11. The second-order valence-electron chi connectivity index (χ2n) is 6.53. The van der Waals surface area contributed by atoms with Gasteiger partial charge in [0.15, 0.2) is 0 Å². The van der Waals surface area contributed by atoms with Gasteiger partial charge in [0, 0.05) is 0 Å². The lowest BCUT2D eigenvalue weighted by atomic mass is 10.00. The molecular weight excluding hydrogens is 286 g/mol. The number of nitrogens with two attached hydrogens (primary N) is 2. The van der Waals surface area contributed by atoms with Crippen LogP contribution in [0.5, 0.6) is 0 Å². The highest BCUT2D eigenvalue weighted by Gasteiger charge is 2.36. The van der Waals surface area contributed by atoms with E-state index < -0.39 is 35.9 Å². The maximum atomic E-state index is 12.4. The topological polar surface area (TPSA) is 127 Å². The van der Waals surface area contributed by atoms with Crippen LogP contribution in [0.3, 0.4) is 0 Å². The van der Waals surface area contributed by atoms with E-state index in [1.54, 1.807) is 0 Å². The molecule has 0 heterocycles. The second kappa shape index (κ2) is 8.85. The Morgan fingerprint density at radius 2 is 1.18 bits per heavy atom. The van der Waals surface area contributed by atoms with E-state index >= 15 is 0 Å². The van der Waals surface area contributed by atoms with Crippen molar-refractivity contribution in [2.45, 2.75) is 65.6 Å². The maximum Gasteiger partial charge on any atom is 0.326 e. The number of amides is 2. The number of carbonyl (C=O) groups excluding carboxylic acids is 2. The number of carboxylic acids is 1. The molecule has 5 N–H and O–H groups in total. The van der Waals surface area contributed by atoms with Crippen molar-refractivity contribution in [2.24, 2.45) is 23.3 Å². The van der Waals surface area contributed by atoms with Gasteiger partial charge in [0.1, 0.15) is 6.04 Å². The SMILES string of the molecule is CC(C)C[C@H](N)C(=O)N(C(=O)[C@@H](N)CC(C)C)[C@@H](C)C(=O)O. The Morgan fingerprint density at radius 1 is 0.864 bits per heavy atom. The molecule has 7 nitrogen and oxygen atoms in total. The standard InChI is InChI=1S/C15H29N3O4/c1-8(2)6-11(16)13(19)18(10(5)15(21)22)14(20)12(17)7-9(3)4/h8-12H,6-7,16-17H2,1-5H3,(H,21,22)/t10-,11-,12-/m0/s1. The lowest BCUT2D eigenvalue weighted by Crippen LogP contribution is -2.57. The molecule has 0 saturated carbocycles. The minimum atomic E-state index is -1.29. The summed E-state index contributed by atoms with van der Waals surface area (Å²) in [5.74, 6) is -2.34. The molecule has 22 heavy (non-hydrogen) atoms. The van der Waals surface area contributed by atoms with E-state index in [0.717, 1.165) is 0 Å². The molecular formula is C15H29N3O4. The van der Waals surface area contributed by atoms with Gasteiger partial charge >= 0.3 is 5.97 Å². The Kier molecular flexibility index (Phi) is 8.26. The molecule has 2 amide bonds. The van der Waals surface area contributed by atoms with Crippen molar-refractivity contribution in [3.8, 4) is 0 Å². The van der Waals surface area contributed by atoms with Gasteiger partial charge in [-0.05, 0) is 31.6 Å². The third-order valence-corrected chi connectivity index (χ3v) is 3.30. The van der Waals surface area contributed by atoms with Crippen molar-refractivity contribution in [1.82, 2.24) is 4.90 Å². The Morgan fingerprint density at radius 3 is 1.41 bits per heavy atom. The molecule has 0 aromatic carbocycles. The highest BCUT2D eigenvalue weighted by Crippen LogP contribution is 2.13. The average molecular weight is 315 g/mol. The van der Waals surface area contributed by atoms with Crippen LogP contribution in [0.4, 0.5) is 0 Å². The van der Waals surface area contributed by atoms with Crippen LogP contribution in [-0.4, -0.2) is 45.9 Å². The van der Waals surface area contributed by atoms with Crippen LogP contribution >= 0.6 is 0 Å². The van der Waals surface area contributed by atoms with E-state index in [2.05, 4.69) is 0 Å². The van der Waals surface area contributed by atoms with Crippen LogP contribution in [0, 0.1) is 11.8 Å². The molecule has 0 unspecified atom stereocenters. The van der Waals surface area contributed by atoms with Gasteiger partial charge in [-0.3, -0.25) is 14.5 Å². The first-order chi connectivity index (χ1) is 9.98. The number of carboxylic acid groups (broad SMARTS) is 1. The Labute approximate surface area is 132 Å². The van der Waals surface area contributed by atoms with Crippen molar-refractivity contribution in [1.29, 1.82) is 0 Å². The number of imide groups is 1. The summed E-state index contributed by atoms with van der Waals surface area (Å²) in [4.78, 5) is 36.8. The summed E-state index contributed by atoms with van der Waals surface area (Å²) < 4.78 is 0. The first-order valence-corrected chi connectivity index (χ1v) is 7.59. The van der Waals surface area contributed by atoms with Gasteiger partial charge in [-0.25, -0.2) is 4.79 Å². The number of rotatable bonds is 8. The number of hydrogen-bond acceptors (Lipinski definition) is 5. The molecule has 3 atom stereocenters. The predicted molar refractivity (Wildman–Crippen MR) is 83.8 cm³/mol. The minimum absolute atomic E-state index is 0.153. The van der Waals surface area contributed by atoms with E-state index in [9.17, 15) is 14.4 Å². The van der Waals surface area contributed by atoms with Crippen LogP contribution < -0.4 is 11.5 Å². The van der Waals surface area contributed by atoms with Gasteiger partial charge in [0.05, 0.1) is 12.1 Å². The van der Waals surface area contributed by atoms with Crippen LogP contribution in [-0.2, 0) is 14.4 Å². The molecule has 7 heteroatoms. The third-order valence-electron chi connectivity index (χ3n) is 3.30. The lowest BCUT2D eigenvalue weighted by molar-refractivity contribution is -0.158. The maximum absolute atomic E-state index is 12.4. The lowest BCUT2D eigenvalue weighted by Gasteiger charge is -2.30. The van der Waals surface area contributed by atoms with Crippen molar-refractivity contribution >= 4 is 17.8 Å².